The number of hydrogen-bond donors (Lipinski definition) is 0. The van der Waals surface area contributed by atoms with Crippen LogP contribution in [0, 0.1) is 22.7 Å². The van der Waals surface area contributed by atoms with Gasteiger partial charge >= 0.3 is 0 Å². The van der Waals surface area contributed by atoms with Gasteiger partial charge in [-0.15, -0.1) is 0 Å². The van der Waals surface area contributed by atoms with Gasteiger partial charge in [0.2, 0.25) is 5.91 Å². The lowest BCUT2D eigenvalue weighted by Crippen LogP contribution is -2.34. The minimum atomic E-state index is -0.272. The largest absolute Gasteiger partial charge is 0.340 e. The molecule has 0 spiro atoms. The van der Waals surface area contributed by atoms with Crippen LogP contribution in [0.5, 0.6) is 0 Å². The molecule has 1 heterocycles. The summed E-state index contributed by atoms with van der Waals surface area (Å²) in [6, 6.07) is 20.6. The highest BCUT2D eigenvalue weighted by atomic mass is 32.2. The summed E-state index contributed by atoms with van der Waals surface area (Å²) < 4.78 is 1.63. The van der Waals surface area contributed by atoms with Gasteiger partial charge in [-0.3, -0.25) is 14.2 Å². The topological polar surface area (TPSA) is 103 Å². The Bertz CT molecular complexity index is 1210. The SMILES string of the molecule is CC(c1ccccc1)n1c(SCC(=O)N(CCC#N)CCC#N)nc2ccccc2c1=O. The average Bonchev–Trinajstić information content (AvgIpc) is 2.83. The molecular weight excluding hydrogens is 422 g/mol. The van der Waals surface area contributed by atoms with E-state index >= 15 is 0 Å². The fourth-order valence-electron chi connectivity index (χ4n) is 3.40. The number of fused-ring (bicyclic) bond motifs is 1. The molecule has 0 N–H and O–H groups in total. The molecule has 0 radical (unpaired) electrons. The van der Waals surface area contributed by atoms with Crippen molar-refractivity contribution in [1.29, 1.82) is 10.5 Å². The number of carbonyl (C=O) groups excluding carboxylic acids is 1. The molecule has 162 valence electrons. The second kappa shape index (κ2) is 11.1. The van der Waals surface area contributed by atoms with Crippen LogP contribution in [0.2, 0.25) is 0 Å². The van der Waals surface area contributed by atoms with E-state index in [4.69, 9.17) is 10.5 Å². The normalized spacial score (nSPS) is 11.5. The number of nitrogens with zero attached hydrogens (tertiary/aromatic N) is 5. The zero-order valence-corrected chi connectivity index (χ0v) is 18.6. The molecule has 1 atom stereocenters. The van der Waals surface area contributed by atoms with Crippen LogP contribution >= 0.6 is 11.8 Å². The van der Waals surface area contributed by atoms with E-state index in [1.54, 1.807) is 16.7 Å². The Morgan fingerprint density at radius 2 is 1.69 bits per heavy atom. The molecule has 1 unspecified atom stereocenters. The highest BCUT2D eigenvalue weighted by Crippen LogP contribution is 2.25. The van der Waals surface area contributed by atoms with Crippen LogP contribution < -0.4 is 5.56 Å². The first-order chi connectivity index (χ1) is 15.6. The molecule has 3 rings (SSSR count). The van der Waals surface area contributed by atoms with Crippen molar-refractivity contribution >= 4 is 28.6 Å². The number of benzene rings is 2. The summed E-state index contributed by atoms with van der Waals surface area (Å²) in [5.74, 6) is -0.134. The van der Waals surface area contributed by atoms with Crippen molar-refractivity contribution < 1.29 is 4.79 Å². The third-order valence-corrected chi connectivity index (χ3v) is 6.05. The smallest absolute Gasteiger partial charge is 0.262 e. The first-order valence-corrected chi connectivity index (χ1v) is 11.3. The predicted octanol–water partition coefficient (Wildman–Crippen LogP) is 3.75. The fraction of sp³-hybridized carbons (Fsp3) is 0.292. The van der Waals surface area contributed by atoms with Gasteiger partial charge in [-0.1, -0.05) is 54.2 Å². The molecule has 0 aliphatic rings. The summed E-state index contributed by atoms with van der Waals surface area (Å²) in [7, 11) is 0. The third kappa shape index (κ3) is 5.35. The van der Waals surface area contributed by atoms with Crippen LogP contribution in [0.4, 0.5) is 0 Å². The van der Waals surface area contributed by atoms with E-state index in [0.717, 1.165) is 5.56 Å². The molecule has 1 aromatic heterocycles. The molecular formula is C24H23N5O2S. The van der Waals surface area contributed by atoms with Crippen molar-refractivity contribution in [3.63, 3.8) is 0 Å². The van der Waals surface area contributed by atoms with Crippen LogP contribution in [0.25, 0.3) is 10.9 Å². The zero-order chi connectivity index (χ0) is 22.9. The predicted molar refractivity (Wildman–Crippen MR) is 124 cm³/mol. The Balaban J connectivity index is 1.94. The summed E-state index contributed by atoms with van der Waals surface area (Å²) >= 11 is 1.20. The zero-order valence-electron chi connectivity index (χ0n) is 17.8. The van der Waals surface area contributed by atoms with Crippen LogP contribution in [-0.2, 0) is 4.79 Å². The van der Waals surface area contributed by atoms with E-state index in [9.17, 15) is 9.59 Å². The number of rotatable bonds is 9. The number of amides is 1. The number of para-hydroxylation sites is 1. The summed E-state index contributed by atoms with van der Waals surface area (Å²) in [6.07, 6.45) is 0.400. The van der Waals surface area contributed by atoms with Gasteiger partial charge in [-0.25, -0.2) is 4.98 Å². The standard InChI is InChI=1S/C24H23N5O2S/c1-18(19-9-3-2-4-10-19)29-23(31)20-11-5-6-12-21(20)27-24(29)32-17-22(30)28(15-7-13-25)16-8-14-26/h2-6,9-12,18H,7-8,15-17H2,1H3. The highest BCUT2D eigenvalue weighted by Gasteiger charge is 2.20. The third-order valence-electron chi connectivity index (χ3n) is 5.11. The summed E-state index contributed by atoms with van der Waals surface area (Å²) in [5.41, 5.74) is 1.38. The van der Waals surface area contributed by atoms with Crippen LogP contribution in [0.3, 0.4) is 0 Å². The Morgan fingerprint density at radius 3 is 2.34 bits per heavy atom. The maximum atomic E-state index is 13.4. The Hall–Kier alpha value is -3.62. The molecule has 0 saturated heterocycles. The van der Waals surface area contributed by atoms with E-state index in [1.165, 1.54) is 16.7 Å². The van der Waals surface area contributed by atoms with Gasteiger partial charge < -0.3 is 4.90 Å². The number of carbonyl (C=O) groups is 1. The Labute approximate surface area is 190 Å². The average molecular weight is 446 g/mol. The van der Waals surface area contributed by atoms with Crippen molar-refractivity contribution in [3.8, 4) is 12.1 Å². The molecule has 3 aromatic rings. The highest BCUT2D eigenvalue weighted by molar-refractivity contribution is 7.99. The van der Waals surface area contributed by atoms with Crippen molar-refractivity contribution in [3.05, 3.63) is 70.5 Å². The molecule has 0 saturated carbocycles. The van der Waals surface area contributed by atoms with Gasteiger partial charge in [0.1, 0.15) is 0 Å². The molecule has 0 fully saturated rings. The Kier molecular flexibility index (Phi) is 8.02. The molecule has 7 nitrogen and oxygen atoms in total. The molecule has 0 aliphatic heterocycles. The van der Waals surface area contributed by atoms with Crippen molar-refractivity contribution in [2.24, 2.45) is 0 Å². The molecule has 0 bridgehead atoms. The van der Waals surface area contributed by atoms with Crippen molar-refractivity contribution in [1.82, 2.24) is 14.5 Å². The molecule has 32 heavy (non-hydrogen) atoms. The second-order valence-electron chi connectivity index (χ2n) is 7.16. The first-order valence-electron chi connectivity index (χ1n) is 10.3. The van der Waals surface area contributed by atoms with Crippen molar-refractivity contribution in [2.75, 3.05) is 18.8 Å². The lowest BCUT2D eigenvalue weighted by molar-refractivity contribution is -0.128. The number of nitriles is 2. The minimum absolute atomic E-state index is 0.0587. The van der Waals surface area contributed by atoms with Crippen LogP contribution in [-0.4, -0.2) is 39.2 Å². The van der Waals surface area contributed by atoms with E-state index in [-0.39, 0.29) is 49.2 Å². The van der Waals surface area contributed by atoms with E-state index in [2.05, 4.69) is 4.98 Å². The van der Waals surface area contributed by atoms with Crippen LogP contribution in [0.1, 0.15) is 31.4 Å². The summed E-state index contributed by atoms with van der Waals surface area (Å²) in [5, 5.41) is 18.7. The minimum Gasteiger partial charge on any atom is -0.340 e. The van der Waals surface area contributed by atoms with Gasteiger partial charge in [0.05, 0.1) is 47.7 Å². The van der Waals surface area contributed by atoms with Gasteiger partial charge in [0.15, 0.2) is 5.16 Å². The maximum absolute atomic E-state index is 13.4. The molecule has 2 aromatic carbocycles. The van der Waals surface area contributed by atoms with E-state index in [1.807, 2.05) is 61.5 Å². The molecule has 8 heteroatoms. The monoisotopic (exact) mass is 445 g/mol. The lowest BCUT2D eigenvalue weighted by atomic mass is 10.1. The van der Waals surface area contributed by atoms with Gasteiger partial charge in [-0.05, 0) is 24.6 Å². The number of hydrogen-bond acceptors (Lipinski definition) is 6. The molecule has 1 amide bonds. The maximum Gasteiger partial charge on any atom is 0.262 e. The summed E-state index contributed by atoms with van der Waals surface area (Å²) in [4.78, 5) is 32.4. The number of thioether (sulfide) groups is 1. The van der Waals surface area contributed by atoms with Gasteiger partial charge in [0.25, 0.3) is 5.56 Å². The van der Waals surface area contributed by atoms with E-state index in [0.29, 0.717) is 16.1 Å². The number of aromatic nitrogens is 2. The quantitative estimate of drug-likeness (QED) is 0.367. The van der Waals surface area contributed by atoms with Gasteiger partial charge in [-0.2, -0.15) is 10.5 Å². The lowest BCUT2D eigenvalue weighted by Gasteiger charge is -2.22. The molecule has 0 aliphatic carbocycles. The van der Waals surface area contributed by atoms with Crippen molar-refractivity contribution in [2.45, 2.75) is 31.0 Å². The van der Waals surface area contributed by atoms with Gasteiger partial charge in [0, 0.05) is 13.1 Å². The fourth-order valence-corrected chi connectivity index (χ4v) is 4.38. The summed E-state index contributed by atoms with van der Waals surface area (Å²) in [6.45, 7) is 2.48. The Morgan fingerprint density at radius 1 is 1.06 bits per heavy atom. The first kappa shape index (κ1) is 23.1. The van der Waals surface area contributed by atoms with Crippen LogP contribution in [0.15, 0.2) is 64.5 Å². The van der Waals surface area contributed by atoms with E-state index < -0.39 is 0 Å². The second-order valence-corrected chi connectivity index (χ2v) is 8.10.